The quantitative estimate of drug-likeness (QED) is 0.184. The number of carboxylic acids is 1. The van der Waals surface area contributed by atoms with Gasteiger partial charge >= 0.3 is 5.97 Å². The predicted molar refractivity (Wildman–Crippen MR) is 98.9 cm³/mol. The van der Waals surface area contributed by atoms with Gasteiger partial charge in [-0.2, -0.15) is 0 Å². The summed E-state index contributed by atoms with van der Waals surface area (Å²) in [5.74, 6) is -3.89. The first-order chi connectivity index (χ1) is 13.6. The molecule has 1 heterocycles. The van der Waals surface area contributed by atoms with Gasteiger partial charge in [-0.15, -0.1) is 0 Å². The van der Waals surface area contributed by atoms with E-state index in [2.05, 4.69) is 25.9 Å². The number of aliphatic carboxylic acids is 1. The number of nitrogens with zero attached hydrogens (tertiary/aromatic N) is 1. The number of imidazole rings is 1. The van der Waals surface area contributed by atoms with Crippen molar-refractivity contribution >= 4 is 29.6 Å². The van der Waals surface area contributed by atoms with Crippen molar-refractivity contribution in [3.8, 4) is 0 Å². The Morgan fingerprint density at radius 2 is 1.90 bits per heavy atom. The third-order valence-corrected chi connectivity index (χ3v) is 3.83. The molecule has 0 radical (unpaired) electrons. The molecule has 3 atom stereocenters. The normalized spacial score (nSPS) is 13.6. The maximum atomic E-state index is 12.0. The van der Waals surface area contributed by atoms with Gasteiger partial charge in [0.15, 0.2) is 0 Å². The van der Waals surface area contributed by atoms with E-state index in [1.807, 2.05) is 0 Å². The van der Waals surface area contributed by atoms with Crippen molar-refractivity contribution in [3.63, 3.8) is 0 Å². The van der Waals surface area contributed by atoms with Crippen LogP contribution in [0, 0.1) is 0 Å². The van der Waals surface area contributed by atoms with E-state index in [-0.39, 0.29) is 19.3 Å². The summed E-state index contributed by atoms with van der Waals surface area (Å²) >= 11 is 0. The Kier molecular flexibility index (Phi) is 9.25. The Balaban J connectivity index is 2.42. The van der Waals surface area contributed by atoms with E-state index >= 15 is 0 Å². The van der Waals surface area contributed by atoms with Gasteiger partial charge in [0.2, 0.25) is 23.6 Å². The number of hydrogen-bond donors (Lipinski definition) is 7. The number of hydrogen-bond acceptors (Lipinski definition) is 7. The van der Waals surface area contributed by atoms with Crippen molar-refractivity contribution in [1.29, 1.82) is 0 Å². The van der Waals surface area contributed by atoms with Crippen molar-refractivity contribution in [1.82, 2.24) is 25.9 Å². The molecule has 1 aromatic heterocycles. The minimum Gasteiger partial charge on any atom is -0.480 e. The third-order valence-electron chi connectivity index (χ3n) is 3.83. The van der Waals surface area contributed by atoms with Crippen LogP contribution in [0.4, 0.5) is 0 Å². The number of rotatable bonds is 12. The molecule has 0 bridgehead atoms. The largest absolute Gasteiger partial charge is 0.480 e. The van der Waals surface area contributed by atoms with E-state index < -0.39 is 54.3 Å². The summed E-state index contributed by atoms with van der Waals surface area (Å²) in [4.78, 5) is 64.2. The fraction of sp³-hybridized carbons (Fsp3) is 0.500. The van der Waals surface area contributed by atoms with Crippen LogP contribution >= 0.6 is 0 Å². The van der Waals surface area contributed by atoms with Crippen molar-refractivity contribution in [2.24, 2.45) is 11.5 Å². The van der Waals surface area contributed by atoms with Crippen LogP contribution in [0.2, 0.25) is 0 Å². The SMILES string of the molecule is CC(NC(=O)C(N)CCC(N)=O)C(=O)NCC(=O)NC(Cc1cnc[nH]1)C(=O)O. The fourth-order valence-electron chi connectivity index (χ4n) is 2.20. The minimum absolute atomic E-state index is 0.00925. The molecule has 0 aromatic carbocycles. The first-order valence-electron chi connectivity index (χ1n) is 8.71. The summed E-state index contributed by atoms with van der Waals surface area (Å²) in [7, 11) is 0. The van der Waals surface area contributed by atoms with E-state index in [1.54, 1.807) is 0 Å². The van der Waals surface area contributed by atoms with E-state index in [0.717, 1.165) is 0 Å². The summed E-state index contributed by atoms with van der Waals surface area (Å²) in [6.45, 7) is 0.893. The van der Waals surface area contributed by atoms with Crippen LogP contribution in [-0.4, -0.2) is 69.3 Å². The molecule has 1 aromatic rings. The lowest BCUT2D eigenvalue weighted by atomic mass is 10.1. The molecule has 0 spiro atoms. The molecule has 3 unspecified atom stereocenters. The number of carboxylic acid groups (broad SMARTS) is 1. The molecule has 9 N–H and O–H groups in total. The lowest BCUT2D eigenvalue weighted by Gasteiger charge is -2.18. The smallest absolute Gasteiger partial charge is 0.326 e. The molecule has 29 heavy (non-hydrogen) atoms. The van der Waals surface area contributed by atoms with E-state index in [0.29, 0.717) is 5.69 Å². The maximum absolute atomic E-state index is 12.0. The zero-order chi connectivity index (χ0) is 22.0. The lowest BCUT2D eigenvalue weighted by molar-refractivity contribution is -0.141. The van der Waals surface area contributed by atoms with Gasteiger partial charge < -0.3 is 37.5 Å². The summed E-state index contributed by atoms with van der Waals surface area (Å²) < 4.78 is 0. The van der Waals surface area contributed by atoms with Gasteiger partial charge in [0, 0.05) is 24.7 Å². The number of amides is 4. The highest BCUT2D eigenvalue weighted by Crippen LogP contribution is 1.99. The first-order valence-corrected chi connectivity index (χ1v) is 8.71. The van der Waals surface area contributed by atoms with E-state index in [1.165, 1.54) is 19.4 Å². The summed E-state index contributed by atoms with van der Waals surface area (Å²) in [5.41, 5.74) is 11.1. The highest BCUT2D eigenvalue weighted by Gasteiger charge is 2.23. The second kappa shape index (κ2) is 11.4. The molecular weight excluding hydrogens is 386 g/mol. The van der Waals surface area contributed by atoms with Crippen LogP contribution in [0.1, 0.15) is 25.5 Å². The third kappa shape index (κ3) is 8.83. The number of nitrogens with one attached hydrogen (secondary N) is 4. The van der Waals surface area contributed by atoms with Crippen molar-refractivity contribution in [2.75, 3.05) is 6.54 Å². The van der Waals surface area contributed by atoms with Crippen molar-refractivity contribution < 1.29 is 29.1 Å². The Bertz CT molecular complexity index is 736. The molecule has 0 saturated carbocycles. The van der Waals surface area contributed by atoms with Gasteiger partial charge in [0.05, 0.1) is 18.9 Å². The number of H-pyrrole nitrogens is 1. The molecule has 1 rings (SSSR count). The van der Waals surface area contributed by atoms with E-state index in [9.17, 15) is 29.1 Å². The van der Waals surface area contributed by atoms with Crippen molar-refractivity contribution in [2.45, 2.75) is 44.3 Å². The van der Waals surface area contributed by atoms with Crippen LogP contribution in [0.25, 0.3) is 0 Å². The Morgan fingerprint density at radius 3 is 2.45 bits per heavy atom. The van der Waals surface area contributed by atoms with Crippen molar-refractivity contribution in [3.05, 3.63) is 18.2 Å². The molecule has 0 saturated heterocycles. The van der Waals surface area contributed by atoms with E-state index in [4.69, 9.17) is 11.5 Å². The molecule has 160 valence electrons. The van der Waals surface area contributed by atoms with Gasteiger partial charge in [0.1, 0.15) is 12.1 Å². The number of nitrogens with two attached hydrogens (primary N) is 2. The maximum Gasteiger partial charge on any atom is 0.326 e. The molecule has 13 nitrogen and oxygen atoms in total. The number of carbonyl (C=O) groups is 5. The van der Waals surface area contributed by atoms with Gasteiger partial charge in [-0.3, -0.25) is 19.2 Å². The zero-order valence-electron chi connectivity index (χ0n) is 15.8. The zero-order valence-corrected chi connectivity index (χ0v) is 15.8. The average molecular weight is 411 g/mol. The highest BCUT2D eigenvalue weighted by atomic mass is 16.4. The molecule has 0 aliphatic carbocycles. The Hall–Kier alpha value is -3.48. The summed E-state index contributed by atoms with van der Waals surface area (Å²) in [5, 5.41) is 16.1. The highest BCUT2D eigenvalue weighted by molar-refractivity contribution is 5.92. The fourth-order valence-corrected chi connectivity index (χ4v) is 2.20. The number of aromatic amines is 1. The lowest BCUT2D eigenvalue weighted by Crippen LogP contribution is -2.52. The molecular formula is C16H25N7O6. The van der Waals surface area contributed by atoms with Crippen LogP contribution in [0.5, 0.6) is 0 Å². The Morgan fingerprint density at radius 1 is 1.21 bits per heavy atom. The molecule has 0 aliphatic rings. The van der Waals surface area contributed by atoms with Crippen LogP contribution in [0.15, 0.2) is 12.5 Å². The number of carbonyl (C=O) groups excluding carboxylic acids is 4. The minimum atomic E-state index is -1.25. The average Bonchev–Trinajstić information content (AvgIpc) is 3.16. The monoisotopic (exact) mass is 411 g/mol. The first kappa shape index (κ1) is 23.6. The number of primary amides is 1. The van der Waals surface area contributed by atoms with Crippen LogP contribution in [-0.2, 0) is 30.4 Å². The standard InChI is InChI=1S/C16H25N7O6/c1-8(22-15(27)10(17)2-3-12(18)24)14(26)20-6-13(25)23-11(16(28)29)4-9-5-19-7-21-9/h5,7-8,10-11H,2-4,6,17H2,1H3,(H2,18,24)(H,19,21)(H,20,26)(H,22,27)(H,23,25)(H,28,29). The molecule has 13 heteroatoms. The Labute approximate surface area is 166 Å². The van der Waals surface area contributed by atoms with Gasteiger partial charge in [0.25, 0.3) is 0 Å². The van der Waals surface area contributed by atoms with Gasteiger partial charge in [-0.25, -0.2) is 9.78 Å². The second-order valence-corrected chi connectivity index (χ2v) is 6.30. The number of aromatic nitrogens is 2. The van der Waals surface area contributed by atoms with Gasteiger partial charge in [-0.1, -0.05) is 0 Å². The second-order valence-electron chi connectivity index (χ2n) is 6.30. The van der Waals surface area contributed by atoms with Gasteiger partial charge in [-0.05, 0) is 13.3 Å². The molecule has 0 fully saturated rings. The topological polar surface area (TPSA) is 222 Å². The summed E-state index contributed by atoms with van der Waals surface area (Å²) in [6, 6.07) is -3.23. The van der Waals surface area contributed by atoms with Crippen LogP contribution in [0.3, 0.4) is 0 Å². The van der Waals surface area contributed by atoms with Crippen LogP contribution < -0.4 is 27.4 Å². The predicted octanol–water partition coefficient (Wildman–Crippen LogP) is -3.26. The molecule has 0 aliphatic heterocycles. The molecule has 4 amide bonds. The summed E-state index contributed by atoms with van der Waals surface area (Å²) in [6.07, 6.45) is 2.77.